The number of methoxy groups -OCH3 is 1. The Balaban J connectivity index is 1.49. The van der Waals surface area contributed by atoms with Gasteiger partial charge in [0.15, 0.2) is 5.76 Å². The van der Waals surface area contributed by atoms with E-state index in [0.29, 0.717) is 29.4 Å². The first kappa shape index (κ1) is 20.7. The topological polar surface area (TPSA) is 44.8 Å². The average molecular weight is 415 g/mol. The van der Waals surface area contributed by atoms with E-state index in [9.17, 15) is 4.79 Å². The van der Waals surface area contributed by atoms with E-state index in [0.717, 1.165) is 16.9 Å². The molecule has 0 aromatic heterocycles. The van der Waals surface area contributed by atoms with E-state index in [1.54, 1.807) is 31.4 Å². The van der Waals surface area contributed by atoms with Gasteiger partial charge in [0, 0.05) is 11.6 Å². The number of para-hydroxylation sites is 1. The van der Waals surface area contributed by atoms with Gasteiger partial charge in [-0.15, -0.1) is 0 Å². The fourth-order valence-corrected chi connectivity index (χ4v) is 3.47. The molecular formula is C27H26O4. The fraction of sp³-hybridized carbons (Fsp3) is 0.222. The van der Waals surface area contributed by atoms with E-state index in [2.05, 4.69) is 32.9 Å². The van der Waals surface area contributed by atoms with Crippen molar-refractivity contribution in [2.75, 3.05) is 7.11 Å². The van der Waals surface area contributed by atoms with Crippen molar-refractivity contribution in [2.24, 2.45) is 0 Å². The zero-order valence-electron chi connectivity index (χ0n) is 18.3. The zero-order chi connectivity index (χ0) is 22.0. The molecule has 0 aliphatic carbocycles. The smallest absolute Gasteiger partial charge is 0.231 e. The van der Waals surface area contributed by atoms with Gasteiger partial charge in [-0.05, 0) is 40.8 Å². The summed E-state index contributed by atoms with van der Waals surface area (Å²) >= 11 is 0. The van der Waals surface area contributed by atoms with Gasteiger partial charge in [-0.2, -0.15) is 0 Å². The Hall–Kier alpha value is -3.53. The number of allylic oxidation sites excluding steroid dienone is 1. The minimum Gasteiger partial charge on any atom is -0.496 e. The van der Waals surface area contributed by atoms with Gasteiger partial charge in [-0.25, -0.2) is 0 Å². The Kier molecular flexibility index (Phi) is 5.55. The van der Waals surface area contributed by atoms with Crippen molar-refractivity contribution in [2.45, 2.75) is 32.8 Å². The Morgan fingerprint density at radius 2 is 1.71 bits per heavy atom. The number of carbonyl (C=O) groups excluding carboxylic acids is 1. The summed E-state index contributed by atoms with van der Waals surface area (Å²) in [6.45, 7) is 6.89. The third kappa shape index (κ3) is 4.48. The molecule has 0 amide bonds. The van der Waals surface area contributed by atoms with Gasteiger partial charge in [-0.3, -0.25) is 4.79 Å². The monoisotopic (exact) mass is 414 g/mol. The van der Waals surface area contributed by atoms with Crippen molar-refractivity contribution in [3.05, 3.63) is 94.7 Å². The molecule has 31 heavy (non-hydrogen) atoms. The molecule has 0 atom stereocenters. The van der Waals surface area contributed by atoms with Crippen molar-refractivity contribution < 1.29 is 19.0 Å². The first-order valence-corrected chi connectivity index (χ1v) is 10.3. The maximum Gasteiger partial charge on any atom is 0.231 e. The second kappa shape index (κ2) is 8.31. The number of carbonyl (C=O) groups is 1. The summed E-state index contributed by atoms with van der Waals surface area (Å²) in [5.74, 6) is 2.12. The summed E-state index contributed by atoms with van der Waals surface area (Å²) in [4.78, 5) is 12.8. The van der Waals surface area contributed by atoms with Crippen LogP contribution in [-0.4, -0.2) is 12.9 Å². The van der Waals surface area contributed by atoms with Crippen LogP contribution in [0.25, 0.3) is 6.08 Å². The lowest BCUT2D eigenvalue weighted by atomic mass is 9.86. The van der Waals surface area contributed by atoms with Gasteiger partial charge in [-0.1, -0.05) is 63.2 Å². The van der Waals surface area contributed by atoms with Crippen LogP contribution < -0.4 is 14.2 Å². The summed E-state index contributed by atoms with van der Waals surface area (Å²) in [6.07, 6.45) is 1.78. The zero-order valence-corrected chi connectivity index (χ0v) is 18.3. The van der Waals surface area contributed by atoms with Crippen LogP contribution in [0.5, 0.6) is 17.2 Å². The van der Waals surface area contributed by atoms with E-state index in [-0.39, 0.29) is 11.2 Å². The van der Waals surface area contributed by atoms with E-state index >= 15 is 0 Å². The van der Waals surface area contributed by atoms with Crippen molar-refractivity contribution >= 4 is 11.9 Å². The van der Waals surface area contributed by atoms with Crippen molar-refractivity contribution in [1.82, 2.24) is 0 Å². The lowest BCUT2D eigenvalue weighted by Gasteiger charge is -2.18. The summed E-state index contributed by atoms with van der Waals surface area (Å²) in [5, 5.41) is 0. The largest absolute Gasteiger partial charge is 0.496 e. The summed E-state index contributed by atoms with van der Waals surface area (Å²) in [7, 11) is 1.64. The number of Topliss-reactive ketones (excluding diaryl/α,β-unsaturated/α-hetero) is 1. The molecule has 4 nitrogen and oxygen atoms in total. The standard InChI is InChI=1S/C27H26O4/c1-27(2,3)20-11-9-18(10-12-20)15-25-26(28)22-14-13-21(16-24(22)31-25)30-17-19-7-5-6-8-23(19)29-4/h5-16H,17H2,1-4H3/b25-15-. The molecule has 4 heteroatoms. The molecule has 3 aromatic rings. The van der Waals surface area contributed by atoms with Crippen LogP contribution in [0.4, 0.5) is 0 Å². The number of ketones is 1. The molecule has 1 heterocycles. The molecule has 1 aliphatic rings. The maximum atomic E-state index is 12.8. The van der Waals surface area contributed by atoms with Gasteiger partial charge in [0.2, 0.25) is 5.78 Å². The number of fused-ring (bicyclic) bond motifs is 1. The molecule has 158 valence electrons. The van der Waals surface area contributed by atoms with Crippen molar-refractivity contribution in [3.8, 4) is 17.2 Å². The lowest BCUT2D eigenvalue weighted by molar-refractivity contribution is 0.101. The predicted molar refractivity (Wildman–Crippen MR) is 122 cm³/mol. The SMILES string of the molecule is COc1ccccc1COc1ccc2c(c1)O/C(=C\c1ccc(C(C)(C)C)cc1)C2=O. The second-order valence-corrected chi connectivity index (χ2v) is 8.57. The van der Waals surface area contributed by atoms with Crippen LogP contribution >= 0.6 is 0 Å². The highest BCUT2D eigenvalue weighted by Crippen LogP contribution is 2.35. The third-order valence-electron chi connectivity index (χ3n) is 5.30. The molecule has 0 N–H and O–H groups in total. The van der Waals surface area contributed by atoms with Crippen LogP contribution in [-0.2, 0) is 12.0 Å². The van der Waals surface area contributed by atoms with Crippen molar-refractivity contribution in [3.63, 3.8) is 0 Å². The highest BCUT2D eigenvalue weighted by molar-refractivity contribution is 6.14. The van der Waals surface area contributed by atoms with Crippen molar-refractivity contribution in [1.29, 1.82) is 0 Å². The summed E-state index contributed by atoms with van der Waals surface area (Å²) < 4.78 is 17.1. The molecule has 0 fully saturated rings. The fourth-order valence-electron chi connectivity index (χ4n) is 3.47. The predicted octanol–water partition coefficient (Wildman–Crippen LogP) is 6.19. The average Bonchev–Trinajstić information content (AvgIpc) is 3.07. The number of hydrogen-bond acceptors (Lipinski definition) is 4. The van der Waals surface area contributed by atoms with Crippen LogP contribution in [0.2, 0.25) is 0 Å². The van der Waals surface area contributed by atoms with E-state index in [1.807, 2.05) is 36.4 Å². The lowest BCUT2D eigenvalue weighted by Crippen LogP contribution is -2.10. The summed E-state index contributed by atoms with van der Waals surface area (Å²) in [6, 6.07) is 21.2. The molecule has 0 spiro atoms. The van der Waals surface area contributed by atoms with Crippen LogP contribution in [0.1, 0.15) is 47.8 Å². The second-order valence-electron chi connectivity index (χ2n) is 8.57. The first-order valence-electron chi connectivity index (χ1n) is 10.3. The Morgan fingerprint density at radius 3 is 2.42 bits per heavy atom. The Labute approximate surface area is 183 Å². The molecule has 1 aliphatic heterocycles. The highest BCUT2D eigenvalue weighted by Gasteiger charge is 2.27. The van der Waals surface area contributed by atoms with E-state index in [1.165, 1.54) is 5.56 Å². The number of ether oxygens (including phenoxy) is 3. The molecule has 0 unspecified atom stereocenters. The van der Waals surface area contributed by atoms with Gasteiger partial charge in [0.1, 0.15) is 23.9 Å². The first-order chi connectivity index (χ1) is 14.8. The molecular weight excluding hydrogens is 388 g/mol. The quantitative estimate of drug-likeness (QED) is 0.467. The Morgan fingerprint density at radius 1 is 0.968 bits per heavy atom. The minimum absolute atomic E-state index is 0.0851. The molecule has 4 rings (SSSR count). The third-order valence-corrected chi connectivity index (χ3v) is 5.30. The van der Waals surface area contributed by atoms with Crippen LogP contribution in [0.15, 0.2) is 72.5 Å². The number of hydrogen-bond donors (Lipinski definition) is 0. The summed E-state index contributed by atoms with van der Waals surface area (Å²) in [5.41, 5.74) is 3.75. The molecule has 0 saturated carbocycles. The van der Waals surface area contributed by atoms with E-state index in [4.69, 9.17) is 14.2 Å². The van der Waals surface area contributed by atoms with E-state index < -0.39 is 0 Å². The number of rotatable bonds is 5. The maximum absolute atomic E-state index is 12.8. The van der Waals surface area contributed by atoms with Gasteiger partial charge in [0.25, 0.3) is 0 Å². The Bertz CT molecular complexity index is 1130. The van der Waals surface area contributed by atoms with Gasteiger partial charge in [0.05, 0.1) is 12.7 Å². The minimum atomic E-state index is -0.119. The molecule has 0 bridgehead atoms. The molecule has 0 saturated heterocycles. The highest BCUT2D eigenvalue weighted by atomic mass is 16.5. The van der Waals surface area contributed by atoms with Gasteiger partial charge < -0.3 is 14.2 Å². The van der Waals surface area contributed by atoms with Gasteiger partial charge >= 0.3 is 0 Å². The molecule has 0 radical (unpaired) electrons. The van der Waals surface area contributed by atoms with Crippen LogP contribution in [0.3, 0.4) is 0 Å². The normalized spacial score (nSPS) is 14.3. The number of benzene rings is 3. The molecule has 3 aromatic carbocycles. The van der Waals surface area contributed by atoms with Crippen LogP contribution in [0, 0.1) is 0 Å².